The second kappa shape index (κ2) is 8.26. The second-order valence-corrected chi connectivity index (χ2v) is 6.78. The molecule has 0 nitrogen and oxygen atoms in total. The van der Waals surface area contributed by atoms with Crippen molar-refractivity contribution >= 4 is 0 Å². The standard InChI is InChI=1S/C20H28F2/c1-15(8-6-9-16(2)14-19(21)22)11-12-18-17(3)10-7-13-20(18,4)5/h6,8-9,11-12,14,19H,7,10,13H2,1-5H3/b9-6+,12-11+,15-8+,16-14+. The minimum absolute atomic E-state index is 0.242. The Morgan fingerprint density at radius 1 is 1.14 bits per heavy atom. The summed E-state index contributed by atoms with van der Waals surface area (Å²) in [5.74, 6) is 0. The van der Waals surface area contributed by atoms with Crippen molar-refractivity contribution in [3.63, 3.8) is 0 Å². The quantitative estimate of drug-likeness (QED) is 0.491. The van der Waals surface area contributed by atoms with Crippen LogP contribution in [0.1, 0.15) is 53.9 Å². The third-order valence-corrected chi connectivity index (χ3v) is 4.16. The van der Waals surface area contributed by atoms with Crippen LogP contribution in [0.2, 0.25) is 0 Å². The van der Waals surface area contributed by atoms with Gasteiger partial charge in [0.05, 0.1) is 0 Å². The highest BCUT2D eigenvalue weighted by atomic mass is 19.3. The average molecular weight is 306 g/mol. The van der Waals surface area contributed by atoms with Gasteiger partial charge in [-0.25, -0.2) is 8.78 Å². The molecule has 1 aliphatic carbocycles. The number of rotatable bonds is 5. The predicted octanol–water partition coefficient (Wildman–Crippen LogP) is 6.78. The Hall–Kier alpha value is -1.44. The van der Waals surface area contributed by atoms with E-state index in [-0.39, 0.29) is 5.41 Å². The molecule has 0 bridgehead atoms. The van der Waals surface area contributed by atoms with Gasteiger partial charge in [-0.3, -0.25) is 0 Å². The maximum absolute atomic E-state index is 12.2. The Labute approximate surface area is 134 Å². The number of alkyl halides is 2. The molecule has 0 fully saturated rings. The molecule has 1 rings (SSSR count). The molecular formula is C20H28F2. The molecular weight excluding hydrogens is 278 g/mol. The zero-order valence-electron chi connectivity index (χ0n) is 14.4. The first-order valence-electron chi connectivity index (χ1n) is 7.92. The molecule has 0 spiro atoms. The fraction of sp³-hybridized carbons (Fsp3) is 0.500. The average Bonchev–Trinajstić information content (AvgIpc) is 2.36. The lowest BCUT2D eigenvalue weighted by molar-refractivity contribution is 0.203. The first kappa shape index (κ1) is 18.6. The summed E-state index contributed by atoms with van der Waals surface area (Å²) in [7, 11) is 0. The lowest BCUT2D eigenvalue weighted by Crippen LogP contribution is -2.19. The maximum Gasteiger partial charge on any atom is 0.257 e. The molecule has 0 unspecified atom stereocenters. The molecule has 0 aromatic rings. The Morgan fingerprint density at radius 3 is 2.41 bits per heavy atom. The predicted molar refractivity (Wildman–Crippen MR) is 92.1 cm³/mol. The smallest absolute Gasteiger partial charge is 0.206 e. The van der Waals surface area contributed by atoms with Crippen molar-refractivity contribution in [2.24, 2.45) is 5.41 Å². The van der Waals surface area contributed by atoms with Gasteiger partial charge in [0.15, 0.2) is 0 Å². The zero-order chi connectivity index (χ0) is 16.8. The Morgan fingerprint density at radius 2 is 1.82 bits per heavy atom. The van der Waals surface area contributed by atoms with Gasteiger partial charge in [0.25, 0.3) is 6.43 Å². The highest BCUT2D eigenvalue weighted by Crippen LogP contribution is 2.40. The first-order chi connectivity index (χ1) is 10.2. The van der Waals surface area contributed by atoms with Crippen LogP contribution < -0.4 is 0 Å². The van der Waals surface area contributed by atoms with Gasteiger partial charge in [0.2, 0.25) is 0 Å². The summed E-state index contributed by atoms with van der Waals surface area (Å²) < 4.78 is 24.3. The molecule has 0 saturated carbocycles. The molecule has 0 atom stereocenters. The minimum atomic E-state index is -2.39. The number of allylic oxidation sites excluding steroid dienone is 10. The van der Waals surface area contributed by atoms with Crippen molar-refractivity contribution in [3.8, 4) is 0 Å². The van der Waals surface area contributed by atoms with E-state index in [1.54, 1.807) is 13.0 Å². The molecule has 0 radical (unpaired) electrons. The van der Waals surface area contributed by atoms with Crippen molar-refractivity contribution in [1.82, 2.24) is 0 Å². The minimum Gasteiger partial charge on any atom is -0.206 e. The molecule has 0 saturated heterocycles. The van der Waals surface area contributed by atoms with Crippen molar-refractivity contribution in [1.29, 1.82) is 0 Å². The van der Waals surface area contributed by atoms with Gasteiger partial charge in [0, 0.05) is 0 Å². The van der Waals surface area contributed by atoms with E-state index < -0.39 is 6.43 Å². The molecule has 0 heterocycles. The summed E-state index contributed by atoms with van der Waals surface area (Å²) in [6, 6.07) is 0. The van der Waals surface area contributed by atoms with E-state index in [2.05, 4.69) is 32.9 Å². The van der Waals surface area contributed by atoms with Crippen molar-refractivity contribution in [3.05, 3.63) is 58.7 Å². The molecule has 0 N–H and O–H groups in total. The monoisotopic (exact) mass is 306 g/mol. The fourth-order valence-electron chi connectivity index (χ4n) is 2.89. The van der Waals surface area contributed by atoms with Crippen molar-refractivity contribution in [2.45, 2.75) is 60.3 Å². The van der Waals surface area contributed by atoms with Gasteiger partial charge in [0.1, 0.15) is 0 Å². The summed E-state index contributed by atoms with van der Waals surface area (Å²) in [5.41, 5.74) is 4.85. The third-order valence-electron chi connectivity index (χ3n) is 4.16. The Bertz CT molecular complexity index is 526. The van der Waals surface area contributed by atoms with Crippen LogP contribution in [0.4, 0.5) is 8.78 Å². The molecule has 0 aromatic carbocycles. The fourth-order valence-corrected chi connectivity index (χ4v) is 2.89. The van der Waals surface area contributed by atoms with Crippen LogP contribution in [-0.4, -0.2) is 6.43 Å². The van der Waals surface area contributed by atoms with Crippen LogP contribution in [0, 0.1) is 5.41 Å². The molecule has 22 heavy (non-hydrogen) atoms. The van der Waals surface area contributed by atoms with E-state index in [0.29, 0.717) is 5.57 Å². The van der Waals surface area contributed by atoms with Crippen LogP contribution in [0.15, 0.2) is 58.7 Å². The first-order valence-corrected chi connectivity index (χ1v) is 7.92. The summed E-state index contributed by atoms with van der Waals surface area (Å²) in [6.45, 7) is 10.5. The highest BCUT2D eigenvalue weighted by Gasteiger charge is 2.26. The number of halogens is 2. The van der Waals surface area contributed by atoms with Crippen molar-refractivity contribution < 1.29 is 8.78 Å². The lowest BCUT2D eigenvalue weighted by Gasteiger charge is -2.32. The lowest BCUT2D eigenvalue weighted by atomic mass is 9.72. The Balaban J connectivity index is 2.77. The van der Waals surface area contributed by atoms with Crippen LogP contribution >= 0.6 is 0 Å². The summed E-state index contributed by atoms with van der Waals surface area (Å²) in [6.07, 6.45) is 12.0. The SMILES string of the molecule is CC1=C(/C=C/C(C)=C/C=C/C(C)=C/C(F)F)C(C)(C)CCC1. The zero-order valence-corrected chi connectivity index (χ0v) is 14.4. The van der Waals surface area contributed by atoms with Crippen molar-refractivity contribution in [2.75, 3.05) is 0 Å². The van der Waals surface area contributed by atoms with E-state index in [4.69, 9.17) is 0 Å². The van der Waals surface area contributed by atoms with E-state index in [0.717, 1.165) is 11.6 Å². The molecule has 1 aliphatic rings. The van der Waals surface area contributed by atoms with E-state index in [1.807, 2.05) is 19.1 Å². The third kappa shape index (κ3) is 6.13. The van der Waals surface area contributed by atoms with Crippen LogP contribution in [-0.2, 0) is 0 Å². The number of hydrogen-bond donors (Lipinski definition) is 0. The molecule has 122 valence electrons. The summed E-state index contributed by atoms with van der Waals surface area (Å²) in [4.78, 5) is 0. The number of hydrogen-bond acceptors (Lipinski definition) is 0. The largest absolute Gasteiger partial charge is 0.257 e. The molecule has 0 aromatic heterocycles. The van der Waals surface area contributed by atoms with Crippen LogP contribution in [0.3, 0.4) is 0 Å². The second-order valence-electron chi connectivity index (χ2n) is 6.78. The van der Waals surface area contributed by atoms with Gasteiger partial charge in [-0.2, -0.15) is 0 Å². The van der Waals surface area contributed by atoms with E-state index in [9.17, 15) is 8.78 Å². The van der Waals surface area contributed by atoms with Gasteiger partial charge in [-0.05, 0) is 62.7 Å². The topological polar surface area (TPSA) is 0 Å². The van der Waals surface area contributed by atoms with Gasteiger partial charge < -0.3 is 0 Å². The van der Waals surface area contributed by atoms with Gasteiger partial charge in [-0.15, -0.1) is 0 Å². The van der Waals surface area contributed by atoms with Crippen LogP contribution in [0.25, 0.3) is 0 Å². The van der Waals surface area contributed by atoms with E-state index >= 15 is 0 Å². The van der Waals surface area contributed by atoms with Gasteiger partial charge >= 0.3 is 0 Å². The molecule has 2 heteroatoms. The Kier molecular flexibility index (Phi) is 6.99. The molecule has 0 amide bonds. The highest BCUT2D eigenvalue weighted by molar-refractivity contribution is 5.37. The van der Waals surface area contributed by atoms with Gasteiger partial charge in [-0.1, -0.05) is 55.4 Å². The summed E-state index contributed by atoms with van der Waals surface area (Å²) in [5, 5.41) is 0. The normalized spacial score (nSPS) is 20.7. The summed E-state index contributed by atoms with van der Waals surface area (Å²) >= 11 is 0. The maximum atomic E-state index is 12.2. The molecule has 0 aliphatic heterocycles. The van der Waals surface area contributed by atoms with Crippen LogP contribution in [0.5, 0.6) is 0 Å². The van der Waals surface area contributed by atoms with E-state index in [1.165, 1.54) is 30.4 Å².